The van der Waals surface area contributed by atoms with Crippen molar-refractivity contribution in [2.45, 2.75) is 43.5 Å². The molecule has 5 nitrogen and oxygen atoms in total. The third-order valence-corrected chi connectivity index (χ3v) is 5.41. The van der Waals surface area contributed by atoms with Gasteiger partial charge in [0, 0.05) is 24.8 Å². The maximum Gasteiger partial charge on any atom is 0.241 e. The molecule has 20 heavy (non-hydrogen) atoms. The minimum Gasteiger partial charge on any atom is -0.370 e. The number of nitrogens with zero attached hydrogens (tertiary/aromatic N) is 1. The van der Waals surface area contributed by atoms with Crippen molar-refractivity contribution < 1.29 is 8.42 Å². The van der Waals surface area contributed by atoms with E-state index in [1.807, 2.05) is 6.92 Å². The molecule has 0 radical (unpaired) electrons. The number of nitrogens with one attached hydrogen (secondary N) is 2. The Hall–Kier alpha value is -1.14. The second-order valence-electron chi connectivity index (χ2n) is 5.73. The zero-order valence-corrected chi connectivity index (χ0v) is 12.5. The minimum absolute atomic E-state index is 0.135. The largest absolute Gasteiger partial charge is 0.370 e. The van der Waals surface area contributed by atoms with Gasteiger partial charge in [0.05, 0.1) is 4.90 Å². The van der Waals surface area contributed by atoms with Crippen molar-refractivity contribution in [1.29, 1.82) is 0 Å². The fourth-order valence-corrected chi connectivity index (χ4v) is 3.98. The van der Waals surface area contributed by atoms with Crippen LogP contribution in [-0.4, -0.2) is 26.0 Å². The van der Waals surface area contributed by atoms with Crippen LogP contribution in [0.3, 0.4) is 0 Å². The molecule has 1 heterocycles. The van der Waals surface area contributed by atoms with Crippen LogP contribution in [0, 0.1) is 11.8 Å². The number of sulfonamides is 1. The average Bonchev–Trinajstić information content (AvgIpc) is 3.29. The Morgan fingerprint density at radius 3 is 2.50 bits per heavy atom. The zero-order valence-electron chi connectivity index (χ0n) is 11.7. The zero-order chi connectivity index (χ0) is 14.2. The molecule has 0 spiro atoms. The molecule has 1 aromatic heterocycles. The second-order valence-corrected chi connectivity index (χ2v) is 7.44. The molecule has 0 aromatic carbocycles. The van der Waals surface area contributed by atoms with Gasteiger partial charge in [0.25, 0.3) is 0 Å². The molecule has 6 heteroatoms. The topological polar surface area (TPSA) is 71.1 Å². The lowest BCUT2D eigenvalue weighted by atomic mass is 10.1. The molecule has 3 rings (SSSR count). The van der Waals surface area contributed by atoms with Crippen molar-refractivity contribution in [3.05, 3.63) is 18.3 Å². The van der Waals surface area contributed by atoms with E-state index in [-0.39, 0.29) is 6.04 Å². The summed E-state index contributed by atoms with van der Waals surface area (Å²) in [5, 5.41) is 3.04. The molecule has 1 aromatic rings. The molecule has 0 atom stereocenters. The molecule has 0 aliphatic heterocycles. The highest BCUT2D eigenvalue weighted by Crippen LogP contribution is 2.45. The Morgan fingerprint density at radius 1 is 1.30 bits per heavy atom. The summed E-state index contributed by atoms with van der Waals surface area (Å²) in [5.41, 5.74) is 0. The molecular formula is C14H21N3O2S. The summed E-state index contributed by atoms with van der Waals surface area (Å²) in [6.45, 7) is 2.67. The first-order valence-corrected chi connectivity index (χ1v) is 8.80. The van der Waals surface area contributed by atoms with Gasteiger partial charge in [0.15, 0.2) is 0 Å². The van der Waals surface area contributed by atoms with Crippen LogP contribution in [0.15, 0.2) is 23.2 Å². The lowest BCUT2D eigenvalue weighted by molar-refractivity contribution is 0.471. The van der Waals surface area contributed by atoms with Gasteiger partial charge in [0.1, 0.15) is 5.82 Å². The fourth-order valence-electron chi connectivity index (χ4n) is 2.59. The Morgan fingerprint density at radius 2 is 1.95 bits per heavy atom. The van der Waals surface area contributed by atoms with E-state index in [4.69, 9.17) is 0 Å². The summed E-state index contributed by atoms with van der Waals surface area (Å²) in [7, 11) is -3.44. The van der Waals surface area contributed by atoms with Crippen LogP contribution in [0.5, 0.6) is 0 Å². The number of hydrogen-bond donors (Lipinski definition) is 2. The number of hydrogen-bond acceptors (Lipinski definition) is 4. The van der Waals surface area contributed by atoms with Crippen molar-refractivity contribution in [3.8, 4) is 0 Å². The SMILES string of the molecule is CCNc1cc(S(=O)(=O)NC(C2CC2)C2CC2)ccn1. The first-order valence-electron chi connectivity index (χ1n) is 7.32. The van der Waals surface area contributed by atoms with Crippen LogP contribution in [-0.2, 0) is 10.0 Å². The number of aromatic nitrogens is 1. The molecule has 0 unspecified atom stereocenters. The lowest BCUT2D eigenvalue weighted by Crippen LogP contribution is -2.38. The summed E-state index contributed by atoms with van der Waals surface area (Å²) >= 11 is 0. The third-order valence-electron chi connectivity index (χ3n) is 3.95. The van der Waals surface area contributed by atoms with Crippen molar-refractivity contribution in [2.24, 2.45) is 11.8 Å². The highest BCUT2D eigenvalue weighted by atomic mass is 32.2. The summed E-state index contributed by atoms with van der Waals surface area (Å²) in [4.78, 5) is 4.41. The van der Waals surface area contributed by atoms with Crippen LogP contribution >= 0.6 is 0 Å². The predicted molar refractivity (Wildman–Crippen MR) is 78.0 cm³/mol. The van der Waals surface area contributed by atoms with E-state index >= 15 is 0 Å². The van der Waals surface area contributed by atoms with Crippen molar-refractivity contribution in [3.63, 3.8) is 0 Å². The molecular weight excluding hydrogens is 274 g/mol. The number of pyridine rings is 1. The van der Waals surface area contributed by atoms with E-state index in [0.717, 1.165) is 32.2 Å². The van der Waals surface area contributed by atoms with Gasteiger partial charge in [-0.3, -0.25) is 0 Å². The molecule has 2 aliphatic rings. The summed E-state index contributed by atoms with van der Waals surface area (Å²) in [5.74, 6) is 1.70. The Kier molecular flexibility index (Phi) is 3.69. The van der Waals surface area contributed by atoms with Crippen LogP contribution in [0.1, 0.15) is 32.6 Å². The summed E-state index contributed by atoms with van der Waals surface area (Å²) in [6, 6.07) is 3.29. The highest BCUT2D eigenvalue weighted by Gasteiger charge is 2.43. The van der Waals surface area contributed by atoms with Gasteiger partial charge in [0.2, 0.25) is 10.0 Å². The monoisotopic (exact) mass is 295 g/mol. The standard InChI is InChI=1S/C14H21N3O2S/c1-2-15-13-9-12(7-8-16-13)20(18,19)17-14(10-3-4-10)11-5-6-11/h7-11,14,17H,2-6H2,1H3,(H,15,16). The Bertz CT molecular complexity index is 568. The molecule has 0 saturated heterocycles. The van der Waals surface area contributed by atoms with Gasteiger partial charge in [-0.2, -0.15) is 0 Å². The first-order chi connectivity index (χ1) is 9.60. The summed E-state index contributed by atoms with van der Waals surface area (Å²) < 4.78 is 27.9. The van der Waals surface area contributed by atoms with Gasteiger partial charge in [-0.1, -0.05) is 0 Å². The van der Waals surface area contributed by atoms with Crippen molar-refractivity contribution in [2.75, 3.05) is 11.9 Å². The highest BCUT2D eigenvalue weighted by molar-refractivity contribution is 7.89. The van der Waals surface area contributed by atoms with Crippen LogP contribution in [0.2, 0.25) is 0 Å². The molecule has 2 fully saturated rings. The summed E-state index contributed by atoms with van der Waals surface area (Å²) in [6.07, 6.45) is 6.16. The van der Waals surface area contributed by atoms with E-state index in [2.05, 4.69) is 15.0 Å². The Balaban J connectivity index is 1.78. The predicted octanol–water partition coefficient (Wildman–Crippen LogP) is 1.98. The molecule has 2 saturated carbocycles. The Labute approximate surface area is 120 Å². The fraction of sp³-hybridized carbons (Fsp3) is 0.643. The lowest BCUT2D eigenvalue weighted by Gasteiger charge is -2.18. The van der Waals surface area contributed by atoms with Gasteiger partial charge < -0.3 is 5.32 Å². The molecule has 2 aliphatic carbocycles. The van der Waals surface area contributed by atoms with E-state index in [0.29, 0.717) is 22.5 Å². The molecule has 2 N–H and O–H groups in total. The van der Waals surface area contributed by atoms with Gasteiger partial charge >= 0.3 is 0 Å². The number of anilines is 1. The molecule has 0 amide bonds. The van der Waals surface area contributed by atoms with E-state index in [1.165, 1.54) is 6.20 Å². The number of rotatable bonds is 7. The third kappa shape index (κ3) is 3.12. The van der Waals surface area contributed by atoms with Crippen molar-refractivity contribution >= 4 is 15.8 Å². The van der Waals surface area contributed by atoms with E-state index in [9.17, 15) is 8.42 Å². The maximum atomic E-state index is 12.5. The quantitative estimate of drug-likeness (QED) is 0.807. The van der Waals surface area contributed by atoms with E-state index in [1.54, 1.807) is 12.1 Å². The van der Waals surface area contributed by atoms with Crippen LogP contribution < -0.4 is 10.0 Å². The maximum absolute atomic E-state index is 12.5. The van der Waals surface area contributed by atoms with Gasteiger partial charge in [-0.05, 0) is 50.5 Å². The average molecular weight is 295 g/mol. The van der Waals surface area contributed by atoms with Gasteiger partial charge in [-0.15, -0.1) is 0 Å². The normalized spacial score (nSPS) is 19.3. The first kappa shape index (κ1) is 13.8. The van der Waals surface area contributed by atoms with Crippen LogP contribution in [0.25, 0.3) is 0 Å². The van der Waals surface area contributed by atoms with E-state index < -0.39 is 10.0 Å². The minimum atomic E-state index is -3.44. The smallest absolute Gasteiger partial charge is 0.241 e. The van der Waals surface area contributed by atoms with Gasteiger partial charge in [-0.25, -0.2) is 18.1 Å². The molecule has 0 bridgehead atoms. The van der Waals surface area contributed by atoms with Crippen LogP contribution in [0.4, 0.5) is 5.82 Å². The molecule has 110 valence electrons. The van der Waals surface area contributed by atoms with Crippen molar-refractivity contribution in [1.82, 2.24) is 9.71 Å². The second kappa shape index (κ2) is 5.33.